The number of carbonyl (C=O) groups excluding carboxylic acids is 1. The highest BCUT2D eigenvalue weighted by Gasteiger charge is 2.29. The molecule has 94 valence electrons. The van der Waals surface area contributed by atoms with Gasteiger partial charge in [0.15, 0.2) is 0 Å². The van der Waals surface area contributed by atoms with E-state index >= 15 is 0 Å². The van der Waals surface area contributed by atoms with Crippen LogP contribution in [-0.4, -0.2) is 61.4 Å². The minimum absolute atomic E-state index is 0.103. The Hall–Kier alpha value is -0.650. The van der Waals surface area contributed by atoms with Crippen LogP contribution in [0, 0.1) is 0 Å². The molecule has 0 unspecified atom stereocenters. The van der Waals surface area contributed by atoms with Crippen LogP contribution in [0.3, 0.4) is 0 Å². The van der Waals surface area contributed by atoms with Gasteiger partial charge >= 0.3 is 0 Å². The number of piperidine rings is 1. The fourth-order valence-electron chi connectivity index (χ4n) is 1.72. The monoisotopic (exact) mass is 230 g/mol. The fourth-order valence-corrected chi connectivity index (χ4v) is 1.72. The van der Waals surface area contributed by atoms with Crippen molar-refractivity contribution in [2.75, 3.05) is 39.9 Å². The molecule has 5 heteroatoms. The molecule has 0 bridgehead atoms. The largest absolute Gasteiger partial charge is 0.390 e. The van der Waals surface area contributed by atoms with Gasteiger partial charge in [-0.2, -0.15) is 0 Å². The van der Waals surface area contributed by atoms with E-state index in [1.165, 1.54) is 0 Å². The van der Waals surface area contributed by atoms with E-state index in [0.29, 0.717) is 45.6 Å². The van der Waals surface area contributed by atoms with E-state index in [2.05, 4.69) is 5.32 Å². The fraction of sp³-hybridized carbons (Fsp3) is 0.909. The van der Waals surface area contributed by atoms with Crippen LogP contribution in [0.15, 0.2) is 0 Å². The lowest BCUT2D eigenvalue weighted by Crippen LogP contribution is -2.47. The maximum atomic E-state index is 11.7. The molecule has 1 rings (SSSR count). The van der Waals surface area contributed by atoms with E-state index in [1.54, 1.807) is 12.0 Å². The summed E-state index contributed by atoms with van der Waals surface area (Å²) < 4.78 is 4.88. The lowest BCUT2D eigenvalue weighted by Gasteiger charge is -2.35. The van der Waals surface area contributed by atoms with Crippen molar-refractivity contribution in [3.05, 3.63) is 0 Å². The molecule has 0 aromatic heterocycles. The molecule has 1 saturated heterocycles. The van der Waals surface area contributed by atoms with Gasteiger partial charge in [0.2, 0.25) is 5.91 Å². The van der Waals surface area contributed by atoms with Crippen LogP contribution in [0.25, 0.3) is 0 Å². The van der Waals surface area contributed by atoms with Gasteiger partial charge < -0.3 is 20.1 Å². The smallest absolute Gasteiger partial charge is 0.236 e. The Kier molecular flexibility index (Phi) is 5.18. The summed E-state index contributed by atoms with van der Waals surface area (Å²) in [5.74, 6) is 0.103. The van der Waals surface area contributed by atoms with E-state index in [9.17, 15) is 9.90 Å². The van der Waals surface area contributed by atoms with E-state index < -0.39 is 5.60 Å². The average molecular weight is 230 g/mol. The number of nitrogens with one attached hydrogen (secondary N) is 1. The standard InChI is InChI=1S/C11H22N2O3/c1-11(15)3-6-13(7-4-11)10(14)9-12-5-8-16-2/h12,15H,3-9H2,1-2H3. The highest BCUT2D eigenvalue weighted by Crippen LogP contribution is 2.20. The number of methoxy groups -OCH3 is 1. The van der Waals surface area contributed by atoms with E-state index in [4.69, 9.17) is 4.74 Å². The van der Waals surface area contributed by atoms with Gasteiger partial charge in [-0.05, 0) is 19.8 Å². The first-order valence-corrected chi connectivity index (χ1v) is 5.75. The second-order valence-electron chi connectivity index (χ2n) is 4.55. The lowest BCUT2D eigenvalue weighted by molar-refractivity contribution is -0.133. The van der Waals surface area contributed by atoms with Crippen molar-refractivity contribution in [2.24, 2.45) is 0 Å². The maximum absolute atomic E-state index is 11.7. The first-order chi connectivity index (χ1) is 7.55. The van der Waals surface area contributed by atoms with E-state index in [-0.39, 0.29) is 5.91 Å². The molecule has 1 amide bonds. The van der Waals surface area contributed by atoms with Crippen molar-refractivity contribution in [1.82, 2.24) is 10.2 Å². The topological polar surface area (TPSA) is 61.8 Å². The van der Waals surface area contributed by atoms with Gasteiger partial charge in [-0.1, -0.05) is 0 Å². The van der Waals surface area contributed by atoms with E-state index in [0.717, 1.165) is 0 Å². The molecule has 1 aliphatic heterocycles. The molecule has 0 atom stereocenters. The van der Waals surface area contributed by atoms with Crippen LogP contribution in [-0.2, 0) is 9.53 Å². The molecule has 0 aromatic carbocycles. The first-order valence-electron chi connectivity index (χ1n) is 5.75. The number of hydrogen-bond donors (Lipinski definition) is 2. The number of likely N-dealkylation sites (tertiary alicyclic amines) is 1. The molecule has 0 aromatic rings. The number of aliphatic hydroxyl groups is 1. The number of carbonyl (C=O) groups is 1. The Morgan fingerprint density at radius 2 is 2.12 bits per heavy atom. The van der Waals surface area contributed by atoms with Gasteiger partial charge in [0.25, 0.3) is 0 Å². The molecule has 2 N–H and O–H groups in total. The van der Waals surface area contributed by atoms with Crippen molar-refractivity contribution >= 4 is 5.91 Å². The summed E-state index contributed by atoms with van der Waals surface area (Å²) in [6.45, 7) is 4.78. The van der Waals surface area contributed by atoms with Crippen LogP contribution in [0.5, 0.6) is 0 Å². The Balaban J connectivity index is 2.18. The zero-order valence-electron chi connectivity index (χ0n) is 10.2. The Labute approximate surface area is 96.8 Å². The zero-order chi connectivity index (χ0) is 12.0. The minimum Gasteiger partial charge on any atom is -0.390 e. The SMILES string of the molecule is COCCNCC(=O)N1CCC(C)(O)CC1. The molecule has 1 fully saturated rings. The van der Waals surface area contributed by atoms with Crippen LogP contribution in [0.2, 0.25) is 0 Å². The summed E-state index contributed by atoms with van der Waals surface area (Å²) >= 11 is 0. The van der Waals surface area contributed by atoms with Crippen molar-refractivity contribution in [3.8, 4) is 0 Å². The summed E-state index contributed by atoms with van der Waals surface area (Å²) in [5, 5.41) is 12.8. The Morgan fingerprint density at radius 1 is 1.50 bits per heavy atom. The summed E-state index contributed by atoms with van der Waals surface area (Å²) in [6.07, 6.45) is 1.33. The Morgan fingerprint density at radius 3 is 2.69 bits per heavy atom. The van der Waals surface area contributed by atoms with Crippen molar-refractivity contribution in [3.63, 3.8) is 0 Å². The lowest BCUT2D eigenvalue weighted by atomic mass is 9.94. The van der Waals surface area contributed by atoms with Crippen LogP contribution in [0.1, 0.15) is 19.8 Å². The zero-order valence-corrected chi connectivity index (χ0v) is 10.2. The molecule has 0 aliphatic carbocycles. The average Bonchev–Trinajstić information content (AvgIpc) is 2.24. The normalized spacial score (nSPS) is 19.8. The predicted octanol–water partition coefficient (Wildman–Crippen LogP) is -0.404. The van der Waals surface area contributed by atoms with Crippen LogP contribution >= 0.6 is 0 Å². The summed E-state index contributed by atoms with van der Waals surface area (Å²) in [6, 6.07) is 0. The summed E-state index contributed by atoms with van der Waals surface area (Å²) in [5.41, 5.74) is -0.597. The second kappa shape index (κ2) is 6.18. The molecule has 5 nitrogen and oxygen atoms in total. The van der Waals surface area contributed by atoms with Crippen molar-refractivity contribution < 1.29 is 14.6 Å². The van der Waals surface area contributed by atoms with Crippen LogP contribution < -0.4 is 5.32 Å². The molecule has 0 spiro atoms. The van der Waals surface area contributed by atoms with Gasteiger partial charge in [-0.3, -0.25) is 4.79 Å². The molecule has 0 radical (unpaired) electrons. The van der Waals surface area contributed by atoms with Crippen molar-refractivity contribution in [1.29, 1.82) is 0 Å². The molecule has 1 aliphatic rings. The number of nitrogens with zero attached hydrogens (tertiary/aromatic N) is 1. The number of hydrogen-bond acceptors (Lipinski definition) is 4. The molecule has 16 heavy (non-hydrogen) atoms. The summed E-state index contributed by atoms with van der Waals surface area (Å²) in [4.78, 5) is 13.5. The second-order valence-corrected chi connectivity index (χ2v) is 4.55. The molecular weight excluding hydrogens is 208 g/mol. The third-order valence-corrected chi connectivity index (χ3v) is 2.95. The number of ether oxygens (including phenoxy) is 1. The molecule has 1 heterocycles. The quantitative estimate of drug-likeness (QED) is 0.631. The van der Waals surface area contributed by atoms with Crippen LogP contribution in [0.4, 0.5) is 0 Å². The van der Waals surface area contributed by atoms with Gasteiger partial charge in [0, 0.05) is 26.7 Å². The number of amides is 1. The maximum Gasteiger partial charge on any atom is 0.236 e. The van der Waals surface area contributed by atoms with Gasteiger partial charge in [0.1, 0.15) is 0 Å². The highest BCUT2D eigenvalue weighted by atomic mass is 16.5. The summed E-state index contributed by atoms with van der Waals surface area (Å²) in [7, 11) is 1.64. The molecule has 0 saturated carbocycles. The minimum atomic E-state index is -0.597. The van der Waals surface area contributed by atoms with Gasteiger partial charge in [0.05, 0.1) is 18.8 Å². The van der Waals surface area contributed by atoms with E-state index in [1.807, 2.05) is 6.92 Å². The third-order valence-electron chi connectivity index (χ3n) is 2.95. The molecular formula is C11H22N2O3. The predicted molar refractivity (Wildman–Crippen MR) is 61.2 cm³/mol. The van der Waals surface area contributed by atoms with Crippen molar-refractivity contribution in [2.45, 2.75) is 25.4 Å². The van der Waals surface area contributed by atoms with Gasteiger partial charge in [-0.25, -0.2) is 0 Å². The third kappa shape index (κ3) is 4.47. The number of rotatable bonds is 5. The highest BCUT2D eigenvalue weighted by molar-refractivity contribution is 5.78. The van der Waals surface area contributed by atoms with Gasteiger partial charge in [-0.15, -0.1) is 0 Å². The Bertz CT molecular complexity index is 221. The first kappa shape index (κ1) is 13.4.